The number of ether oxygens (including phenoxy) is 2. The van der Waals surface area contributed by atoms with E-state index in [9.17, 15) is 9.59 Å². The molecule has 2 aliphatic carbocycles. The van der Waals surface area contributed by atoms with Gasteiger partial charge in [0.2, 0.25) is 5.91 Å². The van der Waals surface area contributed by atoms with E-state index >= 15 is 0 Å². The van der Waals surface area contributed by atoms with Crippen LogP contribution in [-0.4, -0.2) is 113 Å². The van der Waals surface area contributed by atoms with Crippen LogP contribution in [0.3, 0.4) is 0 Å². The van der Waals surface area contributed by atoms with Gasteiger partial charge in [0.05, 0.1) is 25.8 Å². The number of carboxylic acid groups (broad SMARTS) is 1. The second-order valence-electron chi connectivity index (χ2n) is 14.3. The number of nitrogens with two attached hydrogens (primary N) is 1. The Hall–Kier alpha value is -4.83. The van der Waals surface area contributed by atoms with Gasteiger partial charge in [0.1, 0.15) is 29.6 Å². The fourth-order valence-electron chi connectivity index (χ4n) is 7.14. The lowest BCUT2D eigenvalue weighted by Gasteiger charge is -2.25. The molecule has 0 spiro atoms. The Balaban J connectivity index is 0.000000183. The first kappa shape index (κ1) is 42.3. The molecule has 1 amide bonds. The number of rotatable bonds is 9. The zero-order chi connectivity index (χ0) is 38.6. The number of carbonyl (C=O) groups excluding carboxylic acids is 1. The Morgan fingerprint density at radius 3 is 1.71 bits per heavy atom. The molecule has 4 aromatic rings. The van der Waals surface area contributed by atoms with E-state index in [2.05, 4.69) is 25.3 Å². The summed E-state index contributed by atoms with van der Waals surface area (Å²) in [6.07, 6.45) is 13.5. The van der Waals surface area contributed by atoms with Gasteiger partial charge in [-0.2, -0.15) is 0 Å². The number of aryl methyl sites for hydroxylation is 2. The van der Waals surface area contributed by atoms with Crippen LogP contribution < -0.4 is 20.9 Å². The maximum atomic E-state index is 12.5. The van der Waals surface area contributed by atoms with Crippen molar-refractivity contribution in [2.24, 2.45) is 5.73 Å². The average molecular weight is 789 g/mol. The summed E-state index contributed by atoms with van der Waals surface area (Å²) in [5.41, 5.74) is 11.3. The number of hydrogen-bond acceptors (Lipinski definition) is 13. The van der Waals surface area contributed by atoms with Crippen molar-refractivity contribution in [2.45, 2.75) is 76.3 Å². The zero-order valence-electron chi connectivity index (χ0n) is 32.2. The van der Waals surface area contributed by atoms with Gasteiger partial charge in [0.25, 0.3) is 0 Å². The summed E-state index contributed by atoms with van der Waals surface area (Å²) >= 11 is 0. The molecule has 2 aliphatic heterocycles. The molecule has 15 nitrogen and oxygen atoms in total. The van der Waals surface area contributed by atoms with Crippen LogP contribution in [0.15, 0.2) is 48.8 Å². The molecule has 300 valence electrons. The number of pyridine rings is 2. The molecule has 0 aromatic carbocycles. The second kappa shape index (κ2) is 20.9. The molecular weight excluding hydrogens is 736 g/mol. The summed E-state index contributed by atoms with van der Waals surface area (Å²) in [6.45, 7) is 3.25. The van der Waals surface area contributed by atoms with Crippen LogP contribution in [0.2, 0.25) is 0 Å². The molecule has 2 fully saturated rings. The highest BCUT2D eigenvalue weighted by Crippen LogP contribution is 2.31. The number of fused-ring (bicyclic) bond motifs is 2. The topological polar surface area (TPSA) is 195 Å². The van der Waals surface area contributed by atoms with Gasteiger partial charge in [-0.15, -0.1) is 12.4 Å². The number of halogens is 1. The van der Waals surface area contributed by atoms with Crippen molar-refractivity contribution in [1.82, 2.24) is 35.2 Å². The molecule has 2 unspecified atom stereocenters. The van der Waals surface area contributed by atoms with Crippen LogP contribution in [0.5, 0.6) is 0 Å². The van der Waals surface area contributed by atoms with Crippen molar-refractivity contribution in [2.75, 3.05) is 63.4 Å². The minimum atomic E-state index is -0.873. The lowest BCUT2D eigenvalue weighted by Crippen LogP contribution is -2.45. The van der Waals surface area contributed by atoms with E-state index in [-0.39, 0.29) is 37.4 Å². The number of hydrogen-bond donors (Lipinski definition) is 3. The summed E-state index contributed by atoms with van der Waals surface area (Å²) in [7, 11) is 3.66. The summed E-state index contributed by atoms with van der Waals surface area (Å²) < 4.78 is 10.5. The lowest BCUT2D eigenvalue weighted by molar-refractivity contribution is -0.135. The number of nitrogens with one attached hydrogen (secondary N) is 1. The number of likely N-dealkylation sites (N-methyl/N-ethyl adjacent to an activating group) is 2. The number of carbonyl (C=O) groups is 2. The Morgan fingerprint density at radius 2 is 1.29 bits per heavy atom. The molecule has 8 rings (SSSR count). The van der Waals surface area contributed by atoms with Crippen molar-refractivity contribution in [1.29, 1.82) is 0 Å². The van der Waals surface area contributed by atoms with Gasteiger partial charge < -0.3 is 35.4 Å². The number of nitrogens with zero attached hydrogens (tertiary/aromatic N) is 8. The summed E-state index contributed by atoms with van der Waals surface area (Å²) in [6, 6.07) is 11.7. The Morgan fingerprint density at radius 1 is 0.750 bits per heavy atom. The van der Waals surface area contributed by atoms with Crippen LogP contribution in [-0.2, 0) is 44.7 Å². The van der Waals surface area contributed by atoms with Gasteiger partial charge in [-0.1, -0.05) is 12.1 Å². The van der Waals surface area contributed by atoms with Crippen LogP contribution in [0.4, 0.5) is 11.6 Å². The number of aromatic nitrogens is 6. The predicted octanol–water partition coefficient (Wildman–Crippen LogP) is 3.85. The maximum absolute atomic E-state index is 12.5. The fraction of sp³-hybridized carbons (Fsp3) is 0.500. The first-order valence-electron chi connectivity index (χ1n) is 19.2. The van der Waals surface area contributed by atoms with Crippen LogP contribution in [0, 0.1) is 0 Å². The van der Waals surface area contributed by atoms with Gasteiger partial charge in [-0.25, -0.2) is 19.9 Å². The van der Waals surface area contributed by atoms with E-state index in [1.165, 1.54) is 0 Å². The van der Waals surface area contributed by atoms with Gasteiger partial charge >= 0.3 is 5.97 Å². The van der Waals surface area contributed by atoms with Crippen LogP contribution >= 0.6 is 12.4 Å². The summed E-state index contributed by atoms with van der Waals surface area (Å²) in [4.78, 5) is 54.3. The van der Waals surface area contributed by atoms with E-state index in [0.29, 0.717) is 35.8 Å². The van der Waals surface area contributed by atoms with Gasteiger partial charge in [0, 0.05) is 68.3 Å². The molecule has 0 bridgehead atoms. The lowest BCUT2D eigenvalue weighted by atomic mass is 10.1. The SMILES string of the molecule is CN(CC(=O)NC1CCCOC1)c1nc(-c2ccccn2)nc2c1CCC2.CN(CC(=O)O)c1nc(-c2ccccn2)nc2c1CCC2.Cl.NC1CCCOC1. The Kier molecular flexibility index (Phi) is 15.8. The van der Waals surface area contributed by atoms with E-state index in [1.807, 2.05) is 48.3 Å². The molecule has 0 radical (unpaired) electrons. The molecule has 6 heterocycles. The first-order chi connectivity index (χ1) is 26.7. The Bertz CT molecular complexity index is 1880. The number of aliphatic carboxylic acids is 1. The highest BCUT2D eigenvalue weighted by molar-refractivity contribution is 5.85. The molecule has 4 aromatic heterocycles. The number of amides is 1. The first-order valence-corrected chi connectivity index (χ1v) is 19.2. The smallest absolute Gasteiger partial charge is 0.323 e. The van der Waals surface area contributed by atoms with Crippen LogP contribution in [0.25, 0.3) is 23.0 Å². The van der Waals surface area contributed by atoms with Gasteiger partial charge in [-0.05, 0) is 88.5 Å². The third-order valence-corrected chi connectivity index (χ3v) is 9.81. The molecule has 0 saturated carbocycles. The molecule has 56 heavy (non-hydrogen) atoms. The minimum Gasteiger partial charge on any atom is -0.480 e. The number of carboxylic acids is 1. The number of anilines is 2. The Labute approximate surface area is 334 Å². The largest absolute Gasteiger partial charge is 0.480 e. The molecule has 4 N–H and O–H groups in total. The van der Waals surface area contributed by atoms with Crippen molar-refractivity contribution in [3.63, 3.8) is 0 Å². The van der Waals surface area contributed by atoms with E-state index in [1.54, 1.807) is 24.3 Å². The third kappa shape index (κ3) is 11.6. The normalized spacial score (nSPS) is 18.1. The summed E-state index contributed by atoms with van der Waals surface area (Å²) in [5, 5.41) is 12.1. The van der Waals surface area contributed by atoms with Crippen molar-refractivity contribution < 1.29 is 24.2 Å². The maximum Gasteiger partial charge on any atom is 0.323 e. The molecule has 4 aliphatic rings. The minimum absolute atomic E-state index is 0. The van der Waals surface area contributed by atoms with Crippen molar-refractivity contribution in [3.8, 4) is 23.0 Å². The zero-order valence-corrected chi connectivity index (χ0v) is 33.0. The van der Waals surface area contributed by atoms with E-state index < -0.39 is 5.97 Å². The van der Waals surface area contributed by atoms with Crippen molar-refractivity contribution >= 4 is 35.9 Å². The second-order valence-corrected chi connectivity index (χ2v) is 14.3. The summed E-state index contributed by atoms with van der Waals surface area (Å²) in [5.74, 6) is 1.86. The average Bonchev–Trinajstić information content (AvgIpc) is 3.89. The predicted molar refractivity (Wildman–Crippen MR) is 216 cm³/mol. The van der Waals surface area contributed by atoms with Crippen molar-refractivity contribution in [3.05, 3.63) is 71.3 Å². The molecule has 2 atom stereocenters. The quantitative estimate of drug-likeness (QED) is 0.221. The fourth-order valence-corrected chi connectivity index (χ4v) is 7.14. The van der Waals surface area contributed by atoms with Gasteiger partial charge in [0.15, 0.2) is 11.6 Å². The highest BCUT2D eigenvalue weighted by Gasteiger charge is 2.25. The monoisotopic (exact) mass is 788 g/mol. The van der Waals surface area contributed by atoms with E-state index in [4.69, 9.17) is 30.3 Å². The van der Waals surface area contributed by atoms with Gasteiger partial charge in [-0.3, -0.25) is 19.6 Å². The highest BCUT2D eigenvalue weighted by atomic mass is 35.5. The van der Waals surface area contributed by atoms with E-state index in [0.717, 1.165) is 118 Å². The molecular formula is C40H53ClN10O5. The standard InChI is InChI=1S/C20H25N5O2.C15H16N4O2.C5H11NO.ClH/c1-25(12-18(26)22-14-6-5-11-27-13-14)20-15-7-4-9-16(15)23-19(24-20)17-8-2-3-10-21-17;1-19(9-13(20)21)15-10-5-4-7-11(10)17-14(18-15)12-6-2-3-8-16-12;6-5-2-1-3-7-4-5;/h2-3,8,10,14H,4-7,9,11-13H2,1H3,(H,22,26);2-3,6,8H,4-5,7,9H2,1H3,(H,20,21);5H,1-4,6H2;1H. The molecule has 16 heteroatoms. The molecule has 2 saturated heterocycles. The van der Waals surface area contributed by atoms with Crippen LogP contribution in [0.1, 0.15) is 61.0 Å². The third-order valence-electron chi connectivity index (χ3n) is 9.81.